The zero-order valence-electron chi connectivity index (χ0n) is 11.8. The van der Waals surface area contributed by atoms with Crippen molar-refractivity contribution in [2.24, 2.45) is 5.92 Å². The molecule has 0 aliphatic rings. The molecule has 0 aliphatic carbocycles. The molecule has 0 atom stereocenters. The number of amides is 1. The lowest BCUT2D eigenvalue weighted by Crippen LogP contribution is -2.32. The minimum atomic E-state index is -0.0208. The molecule has 1 heterocycles. The van der Waals surface area contributed by atoms with Gasteiger partial charge in [-0.3, -0.25) is 9.78 Å². The number of benzene rings is 1. The van der Waals surface area contributed by atoms with Gasteiger partial charge in [0.1, 0.15) is 0 Å². The number of nitrogens with one attached hydrogen (secondary N) is 2. The van der Waals surface area contributed by atoms with Crippen molar-refractivity contribution in [3.05, 3.63) is 30.6 Å². The van der Waals surface area contributed by atoms with Crippen molar-refractivity contribution in [1.82, 2.24) is 10.3 Å². The molecule has 1 aromatic carbocycles. The maximum absolute atomic E-state index is 11.7. The molecule has 5 heteroatoms. The Morgan fingerprint density at radius 3 is 2.85 bits per heavy atom. The number of carbonyl (C=O) groups excluding carboxylic acids is 1. The second-order valence-corrected chi connectivity index (χ2v) is 5.18. The number of carbonyl (C=O) groups is 1. The molecule has 0 bridgehead atoms. The van der Waals surface area contributed by atoms with Crippen molar-refractivity contribution in [2.45, 2.75) is 13.8 Å². The Balaban J connectivity index is 2.07. The van der Waals surface area contributed by atoms with Gasteiger partial charge in [0.15, 0.2) is 0 Å². The van der Waals surface area contributed by atoms with Crippen LogP contribution in [0.5, 0.6) is 0 Å². The van der Waals surface area contributed by atoms with Crippen LogP contribution in [0.2, 0.25) is 0 Å². The first-order valence-corrected chi connectivity index (χ1v) is 6.70. The molecule has 0 saturated heterocycles. The van der Waals surface area contributed by atoms with Gasteiger partial charge in [-0.05, 0) is 24.1 Å². The molecule has 1 aromatic heterocycles. The van der Waals surface area contributed by atoms with Gasteiger partial charge in [0.25, 0.3) is 0 Å². The highest BCUT2D eigenvalue weighted by Gasteiger charge is 2.06. The molecule has 2 aromatic rings. The summed E-state index contributed by atoms with van der Waals surface area (Å²) in [6, 6.07) is 5.57. The highest BCUT2D eigenvalue weighted by molar-refractivity contribution is 6.01. The third-order valence-corrected chi connectivity index (χ3v) is 3.00. The van der Waals surface area contributed by atoms with E-state index in [4.69, 9.17) is 5.73 Å². The molecular formula is C15H20N4O. The van der Waals surface area contributed by atoms with Crippen molar-refractivity contribution in [1.29, 1.82) is 0 Å². The van der Waals surface area contributed by atoms with Crippen LogP contribution in [0.3, 0.4) is 0 Å². The van der Waals surface area contributed by atoms with Crippen LogP contribution < -0.4 is 16.4 Å². The van der Waals surface area contributed by atoms with Gasteiger partial charge in [0, 0.05) is 41.1 Å². The van der Waals surface area contributed by atoms with Gasteiger partial charge >= 0.3 is 0 Å². The lowest BCUT2D eigenvalue weighted by Gasteiger charge is -2.12. The number of rotatable bonds is 5. The first-order valence-electron chi connectivity index (χ1n) is 6.70. The molecule has 1 amide bonds. The van der Waals surface area contributed by atoms with Crippen LogP contribution in [0.4, 0.5) is 11.4 Å². The van der Waals surface area contributed by atoms with Gasteiger partial charge in [0.2, 0.25) is 5.91 Å². The van der Waals surface area contributed by atoms with E-state index in [1.165, 1.54) is 0 Å². The lowest BCUT2D eigenvalue weighted by molar-refractivity contribution is -0.119. The average Bonchev–Trinajstić information content (AvgIpc) is 2.45. The summed E-state index contributed by atoms with van der Waals surface area (Å²) < 4.78 is 0. The Morgan fingerprint density at radius 1 is 1.30 bits per heavy atom. The summed E-state index contributed by atoms with van der Waals surface area (Å²) in [5.74, 6) is 0.424. The number of anilines is 2. The number of hydrogen-bond donors (Lipinski definition) is 3. The number of pyridine rings is 1. The maximum Gasteiger partial charge on any atom is 0.239 e. The number of fused-ring (bicyclic) bond motifs is 1. The third kappa shape index (κ3) is 3.38. The minimum absolute atomic E-state index is 0.0208. The predicted octanol–water partition coefficient (Wildman–Crippen LogP) is 2.00. The smallest absolute Gasteiger partial charge is 0.239 e. The molecule has 0 unspecified atom stereocenters. The predicted molar refractivity (Wildman–Crippen MR) is 82.5 cm³/mol. The molecule has 4 N–H and O–H groups in total. The molecular weight excluding hydrogens is 252 g/mol. The summed E-state index contributed by atoms with van der Waals surface area (Å²) in [5.41, 5.74) is 7.50. The zero-order valence-corrected chi connectivity index (χ0v) is 11.8. The van der Waals surface area contributed by atoms with Crippen molar-refractivity contribution in [3.63, 3.8) is 0 Å². The van der Waals surface area contributed by atoms with E-state index in [0.717, 1.165) is 16.5 Å². The van der Waals surface area contributed by atoms with Crippen LogP contribution in [-0.4, -0.2) is 24.0 Å². The van der Waals surface area contributed by atoms with Gasteiger partial charge in [-0.15, -0.1) is 0 Å². The largest absolute Gasteiger partial charge is 0.398 e. The third-order valence-electron chi connectivity index (χ3n) is 3.00. The number of nitrogens with zero attached hydrogens (tertiary/aromatic N) is 1. The Labute approximate surface area is 118 Å². The molecule has 0 saturated carbocycles. The van der Waals surface area contributed by atoms with E-state index in [-0.39, 0.29) is 12.5 Å². The molecule has 106 valence electrons. The van der Waals surface area contributed by atoms with E-state index in [1.54, 1.807) is 12.4 Å². The SMILES string of the molecule is CC(C)CNC(=O)CNc1ccc(N)c2ccncc12. The number of aromatic nitrogens is 1. The summed E-state index contributed by atoms with van der Waals surface area (Å²) in [4.78, 5) is 15.8. The standard InChI is InChI=1S/C15H20N4O/c1-10(2)7-19-15(20)9-18-14-4-3-13(16)11-5-6-17-8-12(11)14/h3-6,8,10,18H,7,9,16H2,1-2H3,(H,19,20). The lowest BCUT2D eigenvalue weighted by atomic mass is 10.1. The summed E-state index contributed by atoms with van der Waals surface area (Å²) in [5, 5.41) is 7.86. The van der Waals surface area contributed by atoms with Crippen molar-refractivity contribution >= 4 is 28.1 Å². The fourth-order valence-corrected chi connectivity index (χ4v) is 1.92. The number of nitrogens with two attached hydrogens (primary N) is 1. The average molecular weight is 272 g/mol. The Bertz CT molecular complexity index is 610. The first kappa shape index (κ1) is 14.1. The highest BCUT2D eigenvalue weighted by Crippen LogP contribution is 2.27. The monoisotopic (exact) mass is 272 g/mol. The Morgan fingerprint density at radius 2 is 2.10 bits per heavy atom. The van der Waals surface area contributed by atoms with Gasteiger partial charge in [-0.2, -0.15) is 0 Å². The van der Waals surface area contributed by atoms with Crippen LogP contribution >= 0.6 is 0 Å². The van der Waals surface area contributed by atoms with Gasteiger partial charge < -0.3 is 16.4 Å². The zero-order chi connectivity index (χ0) is 14.5. The fraction of sp³-hybridized carbons (Fsp3) is 0.333. The summed E-state index contributed by atoms with van der Waals surface area (Å²) in [6.07, 6.45) is 3.46. The van der Waals surface area contributed by atoms with Crippen molar-refractivity contribution < 1.29 is 4.79 Å². The molecule has 20 heavy (non-hydrogen) atoms. The minimum Gasteiger partial charge on any atom is -0.398 e. The summed E-state index contributed by atoms with van der Waals surface area (Å²) in [7, 11) is 0. The quantitative estimate of drug-likeness (QED) is 0.727. The van der Waals surface area contributed by atoms with E-state index >= 15 is 0 Å². The van der Waals surface area contributed by atoms with Crippen LogP contribution in [0.15, 0.2) is 30.6 Å². The molecule has 0 radical (unpaired) electrons. The van der Waals surface area contributed by atoms with Crippen LogP contribution in [0, 0.1) is 5.92 Å². The molecule has 2 rings (SSSR count). The normalized spacial score (nSPS) is 10.8. The van der Waals surface area contributed by atoms with E-state index in [0.29, 0.717) is 18.2 Å². The second-order valence-electron chi connectivity index (χ2n) is 5.18. The fourth-order valence-electron chi connectivity index (χ4n) is 1.92. The molecule has 5 nitrogen and oxygen atoms in total. The Hall–Kier alpha value is -2.30. The number of nitrogen functional groups attached to an aromatic ring is 1. The topological polar surface area (TPSA) is 80.0 Å². The van der Waals surface area contributed by atoms with E-state index in [9.17, 15) is 4.79 Å². The van der Waals surface area contributed by atoms with E-state index < -0.39 is 0 Å². The molecule has 0 aliphatic heterocycles. The van der Waals surface area contributed by atoms with Crippen molar-refractivity contribution in [3.8, 4) is 0 Å². The van der Waals surface area contributed by atoms with Gasteiger partial charge in [0.05, 0.1) is 6.54 Å². The highest BCUT2D eigenvalue weighted by atomic mass is 16.1. The van der Waals surface area contributed by atoms with Crippen LogP contribution in [0.1, 0.15) is 13.8 Å². The van der Waals surface area contributed by atoms with E-state index in [2.05, 4.69) is 29.5 Å². The first-order chi connectivity index (χ1) is 9.58. The van der Waals surface area contributed by atoms with Crippen molar-refractivity contribution in [2.75, 3.05) is 24.1 Å². The maximum atomic E-state index is 11.7. The van der Waals surface area contributed by atoms with Crippen LogP contribution in [-0.2, 0) is 4.79 Å². The van der Waals surface area contributed by atoms with Crippen LogP contribution in [0.25, 0.3) is 10.8 Å². The second kappa shape index (κ2) is 6.23. The number of hydrogen-bond acceptors (Lipinski definition) is 4. The Kier molecular flexibility index (Phi) is 4.40. The summed E-state index contributed by atoms with van der Waals surface area (Å²) in [6.45, 7) is 5.05. The van der Waals surface area contributed by atoms with Gasteiger partial charge in [-0.25, -0.2) is 0 Å². The van der Waals surface area contributed by atoms with Gasteiger partial charge in [-0.1, -0.05) is 13.8 Å². The molecule has 0 spiro atoms. The summed E-state index contributed by atoms with van der Waals surface area (Å²) >= 11 is 0. The molecule has 0 fully saturated rings. The van der Waals surface area contributed by atoms with E-state index in [1.807, 2.05) is 18.2 Å².